The summed E-state index contributed by atoms with van der Waals surface area (Å²) in [7, 11) is 0.258. The molecule has 0 radical (unpaired) electrons. The summed E-state index contributed by atoms with van der Waals surface area (Å²) < 4.78 is 32.7. The quantitative estimate of drug-likeness (QED) is 0.813. The van der Waals surface area contributed by atoms with Gasteiger partial charge in [0.15, 0.2) is 11.6 Å². The van der Waals surface area contributed by atoms with Crippen molar-refractivity contribution in [2.75, 3.05) is 32.1 Å². The van der Waals surface area contributed by atoms with E-state index in [1.54, 1.807) is 30.6 Å². The van der Waals surface area contributed by atoms with E-state index in [0.29, 0.717) is 25.3 Å². The normalized spacial score (nSPS) is 18.5. The Kier molecular flexibility index (Phi) is 4.68. The summed E-state index contributed by atoms with van der Waals surface area (Å²) in [5.41, 5.74) is 0. The molecule has 24 heavy (non-hydrogen) atoms. The summed E-state index contributed by atoms with van der Waals surface area (Å²) in [6.45, 7) is 0.748. The van der Waals surface area contributed by atoms with Crippen LogP contribution in [0.5, 0.6) is 5.75 Å². The van der Waals surface area contributed by atoms with Crippen LogP contribution in [0.1, 0.15) is 6.42 Å². The summed E-state index contributed by atoms with van der Waals surface area (Å²) in [6, 6.07) is 6.83. The van der Waals surface area contributed by atoms with Crippen molar-refractivity contribution in [3.8, 4) is 5.75 Å². The van der Waals surface area contributed by atoms with Crippen LogP contribution in [0.15, 0.2) is 47.8 Å². The Labute approximate surface area is 142 Å². The van der Waals surface area contributed by atoms with Crippen LogP contribution in [-0.4, -0.2) is 56.0 Å². The topological polar surface area (TPSA) is 75.6 Å². The molecule has 3 heterocycles. The number of hydrogen-bond acceptors (Lipinski definition) is 6. The fourth-order valence-corrected chi connectivity index (χ4v) is 4.10. The lowest BCUT2D eigenvalue weighted by Gasteiger charge is -2.20. The fraction of sp³-hybridized carbons (Fsp3) is 0.375. The highest BCUT2D eigenvalue weighted by Crippen LogP contribution is 2.28. The third-order valence-corrected chi connectivity index (χ3v) is 5.70. The number of sulfonamides is 1. The van der Waals surface area contributed by atoms with Gasteiger partial charge in [-0.2, -0.15) is 4.31 Å². The second kappa shape index (κ2) is 6.74. The molecule has 0 amide bonds. The highest BCUT2D eigenvalue weighted by molar-refractivity contribution is 7.89. The first-order valence-corrected chi connectivity index (χ1v) is 9.11. The molecule has 128 valence electrons. The van der Waals surface area contributed by atoms with Crippen molar-refractivity contribution in [2.45, 2.75) is 17.4 Å². The van der Waals surface area contributed by atoms with Crippen LogP contribution in [0, 0.1) is 0 Å². The Balaban J connectivity index is 1.73. The highest BCUT2D eigenvalue weighted by Gasteiger charge is 2.34. The molecule has 8 heteroatoms. The van der Waals surface area contributed by atoms with Crippen molar-refractivity contribution < 1.29 is 13.2 Å². The van der Waals surface area contributed by atoms with Gasteiger partial charge in [0.05, 0.1) is 6.54 Å². The van der Waals surface area contributed by atoms with E-state index in [2.05, 4.69) is 9.97 Å². The maximum absolute atomic E-state index is 12.6. The molecule has 0 saturated carbocycles. The summed E-state index contributed by atoms with van der Waals surface area (Å²) in [5, 5.41) is 0. The molecule has 2 aromatic rings. The first kappa shape index (κ1) is 16.7. The zero-order chi connectivity index (χ0) is 17.2. The van der Waals surface area contributed by atoms with Gasteiger partial charge in [-0.05, 0) is 30.7 Å². The molecular formula is C16H20N4O3S. The van der Waals surface area contributed by atoms with Gasteiger partial charge in [-0.25, -0.2) is 13.4 Å². The smallest absolute Gasteiger partial charge is 0.244 e. The van der Waals surface area contributed by atoms with Crippen molar-refractivity contribution in [3.63, 3.8) is 0 Å². The van der Waals surface area contributed by atoms with Gasteiger partial charge in [0, 0.05) is 39.2 Å². The molecule has 0 unspecified atom stereocenters. The van der Waals surface area contributed by atoms with E-state index in [-0.39, 0.29) is 11.0 Å². The molecule has 0 N–H and O–H groups in total. The Morgan fingerprint density at radius 1 is 1.25 bits per heavy atom. The Bertz CT molecular complexity index is 796. The van der Waals surface area contributed by atoms with E-state index in [1.165, 1.54) is 10.5 Å². The van der Waals surface area contributed by atoms with E-state index in [1.807, 2.05) is 25.1 Å². The largest absolute Gasteiger partial charge is 0.485 e. The van der Waals surface area contributed by atoms with Gasteiger partial charge in [0.25, 0.3) is 0 Å². The predicted molar refractivity (Wildman–Crippen MR) is 90.6 cm³/mol. The number of pyridine rings is 2. The SMILES string of the molecule is CN(C)c1ncccc1O[C@@H]1CCN(S(=O)(=O)c2cccnc2)C1. The lowest BCUT2D eigenvalue weighted by molar-refractivity contribution is 0.215. The maximum Gasteiger partial charge on any atom is 0.244 e. The van der Waals surface area contributed by atoms with Crippen LogP contribution in [-0.2, 0) is 10.0 Å². The molecule has 7 nitrogen and oxygen atoms in total. The monoisotopic (exact) mass is 348 g/mol. The highest BCUT2D eigenvalue weighted by atomic mass is 32.2. The lowest BCUT2D eigenvalue weighted by Crippen LogP contribution is -2.31. The molecule has 0 aromatic carbocycles. The molecule has 2 aromatic heterocycles. The summed E-state index contributed by atoms with van der Waals surface area (Å²) in [5.74, 6) is 1.39. The van der Waals surface area contributed by atoms with E-state index in [4.69, 9.17) is 4.74 Å². The van der Waals surface area contributed by atoms with Gasteiger partial charge in [0.2, 0.25) is 10.0 Å². The number of nitrogens with zero attached hydrogens (tertiary/aromatic N) is 4. The van der Waals surface area contributed by atoms with Crippen LogP contribution in [0.25, 0.3) is 0 Å². The van der Waals surface area contributed by atoms with E-state index in [0.717, 1.165) is 5.82 Å². The fourth-order valence-electron chi connectivity index (χ4n) is 2.65. The molecule has 1 fully saturated rings. The zero-order valence-electron chi connectivity index (χ0n) is 13.7. The number of anilines is 1. The van der Waals surface area contributed by atoms with Crippen LogP contribution >= 0.6 is 0 Å². The predicted octanol–water partition coefficient (Wildman–Crippen LogP) is 1.38. The first-order chi connectivity index (χ1) is 11.5. The second-order valence-electron chi connectivity index (χ2n) is 5.80. The molecule has 0 spiro atoms. The molecule has 0 bridgehead atoms. The molecule has 1 aliphatic rings. The Morgan fingerprint density at radius 3 is 2.75 bits per heavy atom. The first-order valence-electron chi connectivity index (χ1n) is 7.67. The average molecular weight is 348 g/mol. The standard InChI is InChI=1S/C16H20N4O3S/c1-19(2)16-15(6-4-9-18-16)23-13-7-10-20(12-13)24(21,22)14-5-3-8-17-11-14/h3-6,8-9,11,13H,7,10,12H2,1-2H3/t13-/m1/s1. The van der Waals surface area contributed by atoms with Gasteiger partial charge in [0.1, 0.15) is 11.0 Å². The Hall–Kier alpha value is -2.19. The number of rotatable bonds is 5. The molecule has 1 saturated heterocycles. The van der Waals surface area contributed by atoms with Gasteiger partial charge >= 0.3 is 0 Å². The maximum atomic E-state index is 12.6. The van der Waals surface area contributed by atoms with E-state index >= 15 is 0 Å². The lowest BCUT2D eigenvalue weighted by atomic mass is 10.3. The van der Waals surface area contributed by atoms with Crippen molar-refractivity contribution in [1.29, 1.82) is 0 Å². The number of aromatic nitrogens is 2. The van der Waals surface area contributed by atoms with Crippen molar-refractivity contribution >= 4 is 15.8 Å². The minimum Gasteiger partial charge on any atom is -0.485 e. The molecular weight excluding hydrogens is 328 g/mol. The van der Waals surface area contributed by atoms with Gasteiger partial charge in [-0.1, -0.05) is 0 Å². The third-order valence-electron chi connectivity index (χ3n) is 3.85. The van der Waals surface area contributed by atoms with E-state index in [9.17, 15) is 8.42 Å². The van der Waals surface area contributed by atoms with Crippen molar-refractivity contribution in [1.82, 2.24) is 14.3 Å². The van der Waals surface area contributed by atoms with Crippen LogP contribution in [0.4, 0.5) is 5.82 Å². The molecule has 3 rings (SSSR count). The van der Waals surface area contributed by atoms with Gasteiger partial charge < -0.3 is 9.64 Å². The van der Waals surface area contributed by atoms with Gasteiger partial charge in [-0.3, -0.25) is 4.98 Å². The minimum atomic E-state index is -3.53. The van der Waals surface area contributed by atoms with Crippen molar-refractivity contribution in [3.05, 3.63) is 42.9 Å². The summed E-state index contributed by atoms with van der Waals surface area (Å²) in [6.07, 6.45) is 5.07. The van der Waals surface area contributed by atoms with Crippen LogP contribution < -0.4 is 9.64 Å². The zero-order valence-corrected chi connectivity index (χ0v) is 14.5. The van der Waals surface area contributed by atoms with Gasteiger partial charge in [-0.15, -0.1) is 0 Å². The summed E-state index contributed by atoms with van der Waals surface area (Å²) in [4.78, 5) is 10.3. The number of hydrogen-bond donors (Lipinski definition) is 0. The summed E-state index contributed by atoms with van der Waals surface area (Å²) >= 11 is 0. The van der Waals surface area contributed by atoms with Crippen LogP contribution in [0.2, 0.25) is 0 Å². The van der Waals surface area contributed by atoms with Crippen LogP contribution in [0.3, 0.4) is 0 Å². The number of ether oxygens (including phenoxy) is 1. The molecule has 1 atom stereocenters. The Morgan fingerprint density at radius 2 is 2.04 bits per heavy atom. The van der Waals surface area contributed by atoms with E-state index < -0.39 is 10.0 Å². The van der Waals surface area contributed by atoms with Crippen molar-refractivity contribution in [2.24, 2.45) is 0 Å². The third kappa shape index (κ3) is 3.34. The minimum absolute atomic E-state index is 0.195. The molecule has 0 aliphatic carbocycles. The average Bonchev–Trinajstić information content (AvgIpc) is 3.05. The second-order valence-corrected chi connectivity index (χ2v) is 7.74. The molecule has 1 aliphatic heterocycles.